The predicted octanol–water partition coefficient (Wildman–Crippen LogP) is 6.83. The molecule has 0 atom stereocenters. The molecule has 1 nitrogen and oxygen atoms in total. The van der Waals surface area contributed by atoms with E-state index in [-0.39, 0.29) is 0 Å². The zero-order valence-corrected chi connectivity index (χ0v) is 18.0. The number of aryl methyl sites for hydroxylation is 1. The van der Waals surface area contributed by atoms with Crippen LogP contribution in [0.2, 0.25) is 0 Å². The standard InChI is InChI=1S/C25H23IO/c1-18-4-14-23(15-5-18)26(2)24-16-22-13-11-20-8-6-19(7-9-20)10-12-21(24)17-25(22)27-3/h4-17H,1-3H3. The molecule has 4 aliphatic carbocycles. The Labute approximate surface area is 168 Å². The van der Waals surface area contributed by atoms with Crippen LogP contribution in [0.25, 0.3) is 24.3 Å². The van der Waals surface area contributed by atoms with Crippen molar-refractivity contribution in [2.45, 2.75) is 6.92 Å². The third-order valence-corrected chi connectivity index (χ3v) is 10.1. The van der Waals surface area contributed by atoms with Gasteiger partial charge in [0.15, 0.2) is 0 Å². The van der Waals surface area contributed by atoms with Gasteiger partial charge in [0.2, 0.25) is 0 Å². The third-order valence-electron chi connectivity index (χ3n) is 4.84. The van der Waals surface area contributed by atoms with Gasteiger partial charge < -0.3 is 0 Å². The molecule has 0 heterocycles. The van der Waals surface area contributed by atoms with Gasteiger partial charge in [0, 0.05) is 0 Å². The molecule has 0 unspecified atom stereocenters. The van der Waals surface area contributed by atoms with Gasteiger partial charge in [-0.2, -0.15) is 0 Å². The summed E-state index contributed by atoms with van der Waals surface area (Å²) in [4.78, 5) is 2.43. The van der Waals surface area contributed by atoms with E-state index >= 15 is 0 Å². The van der Waals surface area contributed by atoms with E-state index in [4.69, 9.17) is 4.74 Å². The van der Waals surface area contributed by atoms with Crippen molar-refractivity contribution in [3.8, 4) is 5.75 Å². The molecular weight excluding hydrogens is 443 g/mol. The monoisotopic (exact) mass is 466 g/mol. The molecule has 0 N–H and O–H groups in total. The average molecular weight is 466 g/mol. The number of rotatable bonds is 3. The third kappa shape index (κ3) is 3.86. The summed E-state index contributed by atoms with van der Waals surface area (Å²) < 4.78 is 8.65. The fraction of sp³-hybridized carbons (Fsp3) is 0.120. The Balaban J connectivity index is 1.89. The Bertz CT molecular complexity index is 1010. The van der Waals surface area contributed by atoms with Gasteiger partial charge in [-0.1, -0.05) is 0 Å². The van der Waals surface area contributed by atoms with Crippen molar-refractivity contribution < 1.29 is 4.74 Å². The summed E-state index contributed by atoms with van der Waals surface area (Å²) in [6.45, 7) is 2.14. The topological polar surface area (TPSA) is 9.23 Å². The Hall–Kier alpha value is -2.33. The van der Waals surface area contributed by atoms with Crippen LogP contribution < -0.4 is 4.74 Å². The normalized spacial score (nSPS) is 12.6. The molecule has 0 amide bonds. The molecule has 0 spiro atoms. The van der Waals surface area contributed by atoms with E-state index in [1.54, 1.807) is 7.11 Å². The first-order valence-corrected chi connectivity index (χ1v) is 13.3. The number of methoxy groups -OCH3 is 1. The zero-order valence-electron chi connectivity index (χ0n) is 15.9. The van der Waals surface area contributed by atoms with Crippen LogP contribution in [0.4, 0.5) is 0 Å². The predicted molar refractivity (Wildman–Crippen MR) is 126 cm³/mol. The van der Waals surface area contributed by atoms with Crippen LogP contribution in [0.1, 0.15) is 27.8 Å². The summed E-state index contributed by atoms with van der Waals surface area (Å²) >= 11 is -1.51. The van der Waals surface area contributed by atoms with E-state index in [0.29, 0.717) is 0 Å². The molecule has 3 aromatic carbocycles. The first-order valence-electron chi connectivity index (χ1n) is 8.99. The van der Waals surface area contributed by atoms with E-state index < -0.39 is 19.8 Å². The number of benzene rings is 3. The van der Waals surface area contributed by atoms with Crippen LogP contribution in [-0.2, 0) is 0 Å². The molecule has 0 aromatic heterocycles. The number of alkyl halides is 1. The molecule has 0 radical (unpaired) electrons. The van der Waals surface area contributed by atoms with Gasteiger partial charge >= 0.3 is 169 Å². The molecular formula is C25H23IO. The molecule has 7 rings (SSSR count). The van der Waals surface area contributed by atoms with Gasteiger partial charge in [-0.05, 0) is 0 Å². The number of halogens is 1. The van der Waals surface area contributed by atoms with Gasteiger partial charge in [0.25, 0.3) is 0 Å². The van der Waals surface area contributed by atoms with Crippen molar-refractivity contribution in [2.24, 2.45) is 0 Å². The van der Waals surface area contributed by atoms with E-state index in [2.05, 4.69) is 96.8 Å². The van der Waals surface area contributed by atoms with Gasteiger partial charge in [0.05, 0.1) is 0 Å². The number of hydrogen-bond donors (Lipinski definition) is 0. The van der Waals surface area contributed by atoms with Crippen LogP contribution in [0, 0.1) is 14.1 Å². The number of hydrogen-bond acceptors (Lipinski definition) is 1. The average Bonchev–Trinajstić information content (AvgIpc) is 2.69. The molecule has 27 heavy (non-hydrogen) atoms. The molecule has 4 bridgehead atoms. The second kappa shape index (κ2) is 7.73. The summed E-state index contributed by atoms with van der Waals surface area (Å²) in [6, 6.07) is 22.2. The summed E-state index contributed by atoms with van der Waals surface area (Å²) in [5.41, 5.74) is 6.14. The van der Waals surface area contributed by atoms with Crippen LogP contribution in [0.15, 0.2) is 60.7 Å². The molecule has 0 aliphatic heterocycles. The molecule has 0 saturated heterocycles. The SMILES string of the molecule is COc1cc2c(I(C)c3ccc(C)cc3)cc1C=Cc1ccc(cc1)C=C2. The molecule has 3 aromatic rings. The Kier molecular flexibility index (Phi) is 5.17. The second-order valence-electron chi connectivity index (χ2n) is 6.72. The van der Waals surface area contributed by atoms with Crippen molar-refractivity contribution in [3.63, 3.8) is 0 Å². The Morgan fingerprint density at radius 2 is 1.30 bits per heavy atom. The minimum atomic E-state index is -1.51. The van der Waals surface area contributed by atoms with Gasteiger partial charge in [-0.25, -0.2) is 0 Å². The first-order chi connectivity index (χ1) is 13.1. The van der Waals surface area contributed by atoms with Crippen LogP contribution in [0.5, 0.6) is 5.75 Å². The summed E-state index contributed by atoms with van der Waals surface area (Å²) in [5.74, 6) is 0.929. The maximum atomic E-state index is 5.70. The van der Waals surface area contributed by atoms with Gasteiger partial charge in [0.1, 0.15) is 0 Å². The zero-order chi connectivity index (χ0) is 18.8. The van der Waals surface area contributed by atoms with Gasteiger partial charge in [-0.15, -0.1) is 0 Å². The fourth-order valence-corrected chi connectivity index (χ4v) is 7.38. The molecule has 2 heteroatoms. The summed E-state index contributed by atoms with van der Waals surface area (Å²) in [6.07, 6.45) is 8.78. The Morgan fingerprint density at radius 3 is 1.89 bits per heavy atom. The van der Waals surface area contributed by atoms with Crippen molar-refractivity contribution in [3.05, 3.63) is 95.6 Å². The van der Waals surface area contributed by atoms with Crippen LogP contribution in [0.3, 0.4) is 0 Å². The summed E-state index contributed by atoms with van der Waals surface area (Å²) in [5, 5.41) is 0. The van der Waals surface area contributed by atoms with Gasteiger partial charge in [-0.3, -0.25) is 0 Å². The minimum absolute atomic E-state index is 0.929. The molecule has 0 saturated carbocycles. The Morgan fingerprint density at radius 1 is 0.704 bits per heavy atom. The second-order valence-corrected chi connectivity index (χ2v) is 11.8. The van der Waals surface area contributed by atoms with Crippen LogP contribution >= 0.6 is 19.8 Å². The van der Waals surface area contributed by atoms with E-state index in [1.807, 2.05) is 0 Å². The summed E-state index contributed by atoms with van der Waals surface area (Å²) in [7, 11) is 1.75. The maximum absolute atomic E-state index is 5.70. The molecule has 4 aliphatic rings. The van der Waals surface area contributed by atoms with Crippen LogP contribution in [-0.4, -0.2) is 12.0 Å². The van der Waals surface area contributed by atoms with E-state index in [1.165, 1.54) is 29.4 Å². The quantitative estimate of drug-likeness (QED) is 0.238. The van der Waals surface area contributed by atoms with Crippen molar-refractivity contribution in [2.75, 3.05) is 12.0 Å². The molecule has 0 fully saturated rings. The number of ether oxygens (including phenoxy) is 1. The fourth-order valence-electron chi connectivity index (χ4n) is 3.19. The van der Waals surface area contributed by atoms with Crippen molar-refractivity contribution >= 4 is 44.1 Å². The van der Waals surface area contributed by atoms with E-state index in [0.717, 1.165) is 11.3 Å². The van der Waals surface area contributed by atoms with Crippen molar-refractivity contribution in [1.82, 2.24) is 0 Å². The first kappa shape index (κ1) is 18.1. The molecule has 136 valence electrons. The van der Waals surface area contributed by atoms with Crippen molar-refractivity contribution in [1.29, 1.82) is 0 Å². The van der Waals surface area contributed by atoms with E-state index in [9.17, 15) is 0 Å².